The number of benzene rings is 2. The first kappa shape index (κ1) is 23.9. The SMILES string of the molecule is CCC(=O)N1CCC(Oc2ccc(-c3ccc4cccnc4c3OC(C)C)cc2)CC1.Cl. The lowest BCUT2D eigenvalue weighted by atomic mass is 10.0. The van der Waals surface area contributed by atoms with Crippen molar-refractivity contribution >= 4 is 29.2 Å². The van der Waals surface area contributed by atoms with Gasteiger partial charge in [0.1, 0.15) is 17.4 Å². The maximum atomic E-state index is 11.9. The van der Waals surface area contributed by atoms with Gasteiger partial charge in [-0.05, 0) is 43.7 Å². The number of ether oxygens (including phenoxy) is 2. The van der Waals surface area contributed by atoms with E-state index in [2.05, 4.69) is 35.3 Å². The van der Waals surface area contributed by atoms with Crippen molar-refractivity contribution < 1.29 is 14.3 Å². The summed E-state index contributed by atoms with van der Waals surface area (Å²) in [5.41, 5.74) is 2.97. The molecule has 0 atom stereocenters. The Bertz CT molecular complexity index is 1040. The van der Waals surface area contributed by atoms with Crippen LogP contribution in [-0.2, 0) is 4.79 Å². The molecule has 4 rings (SSSR count). The zero-order valence-corrected chi connectivity index (χ0v) is 19.7. The molecule has 1 fully saturated rings. The molecule has 0 unspecified atom stereocenters. The van der Waals surface area contributed by atoms with Gasteiger partial charge in [-0.2, -0.15) is 0 Å². The van der Waals surface area contributed by atoms with E-state index in [1.54, 1.807) is 6.20 Å². The molecule has 3 aromatic rings. The molecule has 0 aliphatic carbocycles. The summed E-state index contributed by atoms with van der Waals surface area (Å²) < 4.78 is 12.4. The van der Waals surface area contributed by atoms with Gasteiger partial charge in [-0.3, -0.25) is 9.78 Å². The Morgan fingerprint density at radius 1 is 1.09 bits per heavy atom. The van der Waals surface area contributed by atoms with E-state index in [1.807, 2.05) is 43.9 Å². The van der Waals surface area contributed by atoms with E-state index in [0.29, 0.717) is 6.42 Å². The summed E-state index contributed by atoms with van der Waals surface area (Å²) >= 11 is 0. The number of rotatable bonds is 6. The number of likely N-dealkylation sites (tertiary alicyclic amines) is 1. The number of halogens is 1. The van der Waals surface area contributed by atoms with Crippen LogP contribution in [0, 0.1) is 0 Å². The average molecular weight is 455 g/mol. The summed E-state index contributed by atoms with van der Waals surface area (Å²) in [6.45, 7) is 7.52. The van der Waals surface area contributed by atoms with Crippen LogP contribution >= 0.6 is 12.4 Å². The molecule has 1 aliphatic heterocycles. The van der Waals surface area contributed by atoms with E-state index < -0.39 is 0 Å². The lowest BCUT2D eigenvalue weighted by Gasteiger charge is -2.32. The van der Waals surface area contributed by atoms with Crippen molar-refractivity contribution in [3.05, 3.63) is 54.7 Å². The Balaban J connectivity index is 0.00000289. The van der Waals surface area contributed by atoms with Gasteiger partial charge in [-0.25, -0.2) is 0 Å². The van der Waals surface area contributed by atoms with E-state index in [-0.39, 0.29) is 30.5 Å². The highest BCUT2D eigenvalue weighted by atomic mass is 35.5. The van der Waals surface area contributed by atoms with Gasteiger partial charge in [0, 0.05) is 49.5 Å². The molecule has 0 spiro atoms. The second-order valence-corrected chi connectivity index (χ2v) is 8.26. The Morgan fingerprint density at radius 3 is 2.47 bits per heavy atom. The fraction of sp³-hybridized carbons (Fsp3) is 0.385. The van der Waals surface area contributed by atoms with Crippen molar-refractivity contribution in [2.24, 2.45) is 0 Å². The van der Waals surface area contributed by atoms with Crippen LogP contribution in [-0.4, -0.2) is 41.1 Å². The standard InChI is InChI=1S/C26H30N2O3.ClH/c1-4-24(29)28-16-13-22(14-17-28)31-21-10-7-19(8-11-21)23-12-9-20-6-5-15-27-25(20)26(23)30-18(2)3;/h5-12,15,18,22H,4,13-14,16-17H2,1-3H3;1H. The van der Waals surface area contributed by atoms with E-state index in [1.165, 1.54) is 0 Å². The zero-order valence-electron chi connectivity index (χ0n) is 18.9. The maximum absolute atomic E-state index is 11.9. The van der Waals surface area contributed by atoms with Crippen molar-refractivity contribution in [3.63, 3.8) is 0 Å². The number of nitrogens with zero attached hydrogens (tertiary/aromatic N) is 2. The van der Waals surface area contributed by atoms with Gasteiger partial charge in [-0.15, -0.1) is 12.4 Å². The van der Waals surface area contributed by atoms with Crippen molar-refractivity contribution in [1.82, 2.24) is 9.88 Å². The number of hydrogen-bond acceptors (Lipinski definition) is 4. The molecule has 170 valence electrons. The summed E-state index contributed by atoms with van der Waals surface area (Å²) in [6, 6.07) is 16.3. The highest BCUT2D eigenvalue weighted by Crippen LogP contribution is 2.37. The first-order valence-corrected chi connectivity index (χ1v) is 11.1. The minimum Gasteiger partial charge on any atom is -0.490 e. The highest BCUT2D eigenvalue weighted by molar-refractivity contribution is 5.92. The number of hydrogen-bond donors (Lipinski definition) is 0. The minimum absolute atomic E-state index is 0. The molecule has 0 saturated carbocycles. The van der Waals surface area contributed by atoms with Crippen LogP contribution in [0.3, 0.4) is 0 Å². The van der Waals surface area contributed by atoms with Crippen LogP contribution < -0.4 is 9.47 Å². The molecule has 1 amide bonds. The highest BCUT2D eigenvalue weighted by Gasteiger charge is 2.23. The number of fused-ring (bicyclic) bond motifs is 1. The number of piperidine rings is 1. The number of carbonyl (C=O) groups is 1. The largest absolute Gasteiger partial charge is 0.490 e. The Kier molecular flexibility index (Phi) is 7.97. The van der Waals surface area contributed by atoms with Gasteiger partial charge in [0.2, 0.25) is 5.91 Å². The molecule has 0 N–H and O–H groups in total. The molecule has 1 aliphatic rings. The molecule has 2 aromatic carbocycles. The van der Waals surface area contributed by atoms with E-state index in [0.717, 1.165) is 59.5 Å². The summed E-state index contributed by atoms with van der Waals surface area (Å²) in [5.74, 6) is 1.90. The number of pyridine rings is 1. The molecule has 32 heavy (non-hydrogen) atoms. The first-order valence-electron chi connectivity index (χ1n) is 11.1. The van der Waals surface area contributed by atoms with Crippen molar-refractivity contribution in [2.45, 2.75) is 52.2 Å². The van der Waals surface area contributed by atoms with Crippen molar-refractivity contribution in [1.29, 1.82) is 0 Å². The predicted molar refractivity (Wildman–Crippen MR) is 131 cm³/mol. The van der Waals surface area contributed by atoms with E-state index in [9.17, 15) is 4.79 Å². The fourth-order valence-corrected chi connectivity index (χ4v) is 4.05. The third kappa shape index (κ3) is 5.33. The first-order chi connectivity index (χ1) is 15.0. The van der Waals surface area contributed by atoms with E-state index >= 15 is 0 Å². The van der Waals surface area contributed by atoms with Crippen LogP contribution in [0.25, 0.3) is 22.0 Å². The molecule has 0 bridgehead atoms. The maximum Gasteiger partial charge on any atom is 0.222 e. The fourth-order valence-electron chi connectivity index (χ4n) is 4.05. The molecular formula is C26H31ClN2O3. The Labute approximate surface area is 196 Å². The van der Waals surface area contributed by atoms with Gasteiger partial charge in [-0.1, -0.05) is 31.2 Å². The quantitative estimate of drug-likeness (QED) is 0.466. The smallest absolute Gasteiger partial charge is 0.222 e. The molecule has 6 heteroatoms. The molecule has 1 saturated heterocycles. The van der Waals surface area contributed by atoms with Gasteiger partial charge < -0.3 is 14.4 Å². The second kappa shape index (κ2) is 10.7. The Morgan fingerprint density at radius 2 is 1.81 bits per heavy atom. The van der Waals surface area contributed by atoms with E-state index in [4.69, 9.17) is 9.47 Å². The lowest BCUT2D eigenvalue weighted by molar-refractivity contribution is -0.132. The number of aromatic nitrogens is 1. The van der Waals surface area contributed by atoms with Gasteiger partial charge in [0.25, 0.3) is 0 Å². The monoisotopic (exact) mass is 454 g/mol. The minimum atomic E-state index is 0. The molecule has 5 nitrogen and oxygen atoms in total. The van der Waals surface area contributed by atoms with Crippen LogP contribution in [0.15, 0.2) is 54.7 Å². The van der Waals surface area contributed by atoms with Crippen molar-refractivity contribution in [2.75, 3.05) is 13.1 Å². The molecule has 1 aromatic heterocycles. The van der Waals surface area contributed by atoms with Gasteiger partial charge >= 0.3 is 0 Å². The van der Waals surface area contributed by atoms with Crippen LogP contribution in [0.2, 0.25) is 0 Å². The zero-order chi connectivity index (χ0) is 21.8. The van der Waals surface area contributed by atoms with Crippen LogP contribution in [0.4, 0.5) is 0 Å². The Hall–Kier alpha value is -2.79. The molecular weight excluding hydrogens is 424 g/mol. The molecule has 0 radical (unpaired) electrons. The summed E-state index contributed by atoms with van der Waals surface area (Å²) in [6.07, 6.45) is 4.32. The third-order valence-electron chi connectivity index (χ3n) is 5.65. The second-order valence-electron chi connectivity index (χ2n) is 8.26. The summed E-state index contributed by atoms with van der Waals surface area (Å²) in [4.78, 5) is 18.4. The molecule has 2 heterocycles. The third-order valence-corrected chi connectivity index (χ3v) is 5.65. The number of amides is 1. The normalized spacial score (nSPS) is 14.3. The average Bonchev–Trinajstić information content (AvgIpc) is 2.79. The summed E-state index contributed by atoms with van der Waals surface area (Å²) in [5, 5.41) is 1.06. The lowest BCUT2D eigenvalue weighted by Crippen LogP contribution is -2.41. The van der Waals surface area contributed by atoms with Gasteiger partial charge in [0.05, 0.1) is 6.10 Å². The number of carbonyl (C=O) groups excluding carboxylic acids is 1. The topological polar surface area (TPSA) is 51.7 Å². The van der Waals surface area contributed by atoms with Crippen molar-refractivity contribution in [3.8, 4) is 22.6 Å². The van der Waals surface area contributed by atoms with Gasteiger partial charge in [0.15, 0.2) is 5.75 Å². The van der Waals surface area contributed by atoms with Crippen LogP contribution in [0.1, 0.15) is 40.0 Å². The predicted octanol–water partition coefficient (Wildman–Crippen LogP) is 5.89. The summed E-state index contributed by atoms with van der Waals surface area (Å²) in [7, 11) is 0. The van der Waals surface area contributed by atoms with Crippen LogP contribution in [0.5, 0.6) is 11.5 Å².